The molecule has 0 aromatic heterocycles. The number of aliphatic hydroxyl groups excluding tert-OH is 2. The molecule has 0 aliphatic heterocycles. The maximum absolute atomic E-state index is 8.49. The molecule has 0 aliphatic rings. The number of hydrogen-bond donors (Lipinski definition) is 4. The fourth-order valence-electron chi connectivity index (χ4n) is 0.583. The fraction of sp³-hybridized carbons (Fsp3) is 1.00. The zero-order valence-electron chi connectivity index (χ0n) is 6.08. The SMILES string of the molecule is NC(CO)CCNCCO. The third kappa shape index (κ3) is 5.97. The second-order valence-corrected chi connectivity index (χ2v) is 2.20. The smallest absolute Gasteiger partial charge is 0.0583 e. The molecule has 1 atom stereocenters. The van der Waals surface area contributed by atoms with Crippen molar-refractivity contribution in [1.29, 1.82) is 0 Å². The van der Waals surface area contributed by atoms with Crippen LogP contribution in [0.25, 0.3) is 0 Å². The molecule has 0 aromatic carbocycles. The first kappa shape index (κ1) is 9.84. The van der Waals surface area contributed by atoms with Gasteiger partial charge in [-0.1, -0.05) is 0 Å². The number of hydrogen-bond acceptors (Lipinski definition) is 4. The van der Waals surface area contributed by atoms with Crippen molar-refractivity contribution in [2.24, 2.45) is 5.73 Å². The molecule has 0 aromatic rings. The lowest BCUT2D eigenvalue weighted by molar-refractivity contribution is 0.256. The van der Waals surface area contributed by atoms with Crippen molar-refractivity contribution in [2.45, 2.75) is 12.5 Å². The number of nitrogens with two attached hydrogens (primary N) is 1. The summed E-state index contributed by atoms with van der Waals surface area (Å²) in [4.78, 5) is 0. The van der Waals surface area contributed by atoms with Crippen molar-refractivity contribution < 1.29 is 10.2 Å². The van der Waals surface area contributed by atoms with Gasteiger partial charge in [-0.05, 0) is 13.0 Å². The molecule has 0 fully saturated rings. The van der Waals surface area contributed by atoms with E-state index >= 15 is 0 Å². The highest BCUT2D eigenvalue weighted by molar-refractivity contribution is 4.60. The molecule has 0 bridgehead atoms. The Bertz CT molecular complexity index is 70.8. The van der Waals surface area contributed by atoms with Crippen LogP contribution in [0.1, 0.15) is 6.42 Å². The van der Waals surface area contributed by atoms with E-state index in [1.54, 1.807) is 0 Å². The molecule has 0 saturated heterocycles. The van der Waals surface area contributed by atoms with Crippen molar-refractivity contribution in [3.05, 3.63) is 0 Å². The van der Waals surface area contributed by atoms with Crippen molar-refractivity contribution in [3.8, 4) is 0 Å². The lowest BCUT2D eigenvalue weighted by Gasteiger charge is -2.07. The van der Waals surface area contributed by atoms with E-state index < -0.39 is 0 Å². The van der Waals surface area contributed by atoms with Crippen LogP contribution in [0, 0.1) is 0 Å². The zero-order chi connectivity index (χ0) is 7.82. The third-order valence-electron chi connectivity index (χ3n) is 1.21. The van der Waals surface area contributed by atoms with Crippen LogP contribution in [0.3, 0.4) is 0 Å². The molecule has 5 N–H and O–H groups in total. The van der Waals surface area contributed by atoms with Gasteiger partial charge in [0.25, 0.3) is 0 Å². The van der Waals surface area contributed by atoms with Crippen LogP contribution in [-0.4, -0.2) is 42.6 Å². The molecular formula is C6H16N2O2. The molecule has 0 radical (unpaired) electrons. The maximum Gasteiger partial charge on any atom is 0.0583 e. The van der Waals surface area contributed by atoms with Gasteiger partial charge in [0.1, 0.15) is 0 Å². The minimum Gasteiger partial charge on any atom is -0.395 e. The van der Waals surface area contributed by atoms with E-state index in [0.29, 0.717) is 6.54 Å². The first-order valence-corrected chi connectivity index (χ1v) is 3.49. The predicted molar refractivity (Wildman–Crippen MR) is 39.6 cm³/mol. The predicted octanol–water partition coefficient (Wildman–Crippen LogP) is -1.72. The van der Waals surface area contributed by atoms with Gasteiger partial charge in [-0.2, -0.15) is 0 Å². The average molecular weight is 148 g/mol. The summed E-state index contributed by atoms with van der Waals surface area (Å²) in [6.45, 7) is 1.52. The van der Waals surface area contributed by atoms with E-state index in [0.717, 1.165) is 13.0 Å². The number of aliphatic hydroxyl groups is 2. The van der Waals surface area contributed by atoms with E-state index in [2.05, 4.69) is 5.32 Å². The summed E-state index contributed by atoms with van der Waals surface area (Å²) in [5, 5.41) is 19.8. The Balaban J connectivity index is 2.89. The zero-order valence-corrected chi connectivity index (χ0v) is 6.08. The Hall–Kier alpha value is -0.160. The summed E-state index contributed by atoms with van der Waals surface area (Å²) in [7, 11) is 0. The van der Waals surface area contributed by atoms with Crippen LogP contribution < -0.4 is 11.1 Å². The topological polar surface area (TPSA) is 78.5 Å². The van der Waals surface area contributed by atoms with Crippen LogP contribution in [-0.2, 0) is 0 Å². The minimum atomic E-state index is -0.133. The second kappa shape index (κ2) is 6.95. The molecule has 1 unspecified atom stereocenters. The van der Waals surface area contributed by atoms with Gasteiger partial charge in [0, 0.05) is 12.6 Å². The Morgan fingerprint density at radius 1 is 1.30 bits per heavy atom. The van der Waals surface area contributed by atoms with Gasteiger partial charge in [0.05, 0.1) is 13.2 Å². The van der Waals surface area contributed by atoms with Gasteiger partial charge in [-0.15, -0.1) is 0 Å². The minimum absolute atomic E-state index is 0.0286. The van der Waals surface area contributed by atoms with Gasteiger partial charge < -0.3 is 21.3 Å². The normalized spacial score (nSPS) is 13.5. The molecule has 0 rings (SSSR count). The largest absolute Gasteiger partial charge is 0.395 e. The summed E-state index contributed by atoms with van der Waals surface area (Å²) in [6.07, 6.45) is 0.747. The van der Waals surface area contributed by atoms with E-state index in [1.807, 2.05) is 0 Å². The molecule has 0 saturated carbocycles. The van der Waals surface area contributed by atoms with Crippen LogP contribution in [0.4, 0.5) is 0 Å². The van der Waals surface area contributed by atoms with Crippen LogP contribution >= 0.6 is 0 Å². The number of rotatable bonds is 6. The van der Waals surface area contributed by atoms with Crippen molar-refractivity contribution >= 4 is 0 Å². The molecule has 0 heterocycles. The average Bonchev–Trinajstić information content (AvgIpc) is 1.98. The summed E-state index contributed by atoms with van der Waals surface area (Å²) in [5.41, 5.74) is 5.40. The summed E-state index contributed by atoms with van der Waals surface area (Å²) in [5.74, 6) is 0. The van der Waals surface area contributed by atoms with Gasteiger partial charge >= 0.3 is 0 Å². The van der Waals surface area contributed by atoms with Crippen molar-refractivity contribution in [1.82, 2.24) is 5.32 Å². The van der Waals surface area contributed by atoms with Gasteiger partial charge in [0.2, 0.25) is 0 Å². The monoisotopic (exact) mass is 148 g/mol. The first-order chi connectivity index (χ1) is 4.81. The number of nitrogens with one attached hydrogen (secondary N) is 1. The summed E-state index contributed by atoms with van der Waals surface area (Å²) < 4.78 is 0. The molecule has 0 spiro atoms. The maximum atomic E-state index is 8.49. The standard InChI is InChI=1S/C6H16N2O2/c7-6(5-10)1-2-8-3-4-9/h6,8-10H,1-5,7H2. The highest BCUT2D eigenvalue weighted by Crippen LogP contribution is 1.82. The summed E-state index contributed by atoms with van der Waals surface area (Å²) in [6, 6.07) is -0.133. The van der Waals surface area contributed by atoms with Gasteiger partial charge in [0.15, 0.2) is 0 Å². The van der Waals surface area contributed by atoms with Gasteiger partial charge in [-0.25, -0.2) is 0 Å². The van der Waals surface area contributed by atoms with E-state index in [4.69, 9.17) is 15.9 Å². The van der Waals surface area contributed by atoms with Crippen molar-refractivity contribution in [3.63, 3.8) is 0 Å². The summed E-state index contributed by atoms with van der Waals surface area (Å²) >= 11 is 0. The fourth-order valence-corrected chi connectivity index (χ4v) is 0.583. The van der Waals surface area contributed by atoms with Crippen LogP contribution in [0.5, 0.6) is 0 Å². The highest BCUT2D eigenvalue weighted by Gasteiger charge is 1.97. The lowest BCUT2D eigenvalue weighted by atomic mass is 10.2. The molecule has 4 heteroatoms. The second-order valence-electron chi connectivity index (χ2n) is 2.20. The molecule has 0 amide bonds. The third-order valence-corrected chi connectivity index (χ3v) is 1.21. The first-order valence-electron chi connectivity index (χ1n) is 3.49. The quantitative estimate of drug-likeness (QED) is 0.338. The molecule has 4 nitrogen and oxygen atoms in total. The molecule has 62 valence electrons. The Morgan fingerprint density at radius 3 is 2.50 bits per heavy atom. The Morgan fingerprint density at radius 2 is 2.00 bits per heavy atom. The van der Waals surface area contributed by atoms with Gasteiger partial charge in [-0.3, -0.25) is 0 Å². The Labute approximate surface area is 61.0 Å². The lowest BCUT2D eigenvalue weighted by Crippen LogP contribution is -2.30. The highest BCUT2D eigenvalue weighted by atomic mass is 16.3. The molecular weight excluding hydrogens is 132 g/mol. The van der Waals surface area contributed by atoms with E-state index in [1.165, 1.54) is 0 Å². The molecule has 0 aliphatic carbocycles. The van der Waals surface area contributed by atoms with Crippen LogP contribution in [0.15, 0.2) is 0 Å². The van der Waals surface area contributed by atoms with E-state index in [-0.39, 0.29) is 19.3 Å². The Kier molecular flexibility index (Phi) is 6.84. The van der Waals surface area contributed by atoms with E-state index in [9.17, 15) is 0 Å². The molecule has 10 heavy (non-hydrogen) atoms. The van der Waals surface area contributed by atoms with Crippen molar-refractivity contribution in [2.75, 3.05) is 26.3 Å². The van der Waals surface area contributed by atoms with Crippen LogP contribution in [0.2, 0.25) is 0 Å².